The lowest BCUT2D eigenvalue weighted by Gasteiger charge is -2.22. The summed E-state index contributed by atoms with van der Waals surface area (Å²) in [7, 11) is 2.16. The highest BCUT2D eigenvalue weighted by Gasteiger charge is 2.24. The van der Waals surface area contributed by atoms with Crippen LogP contribution >= 0.6 is 11.3 Å². The van der Waals surface area contributed by atoms with Gasteiger partial charge in [-0.15, -0.1) is 11.3 Å². The lowest BCUT2D eigenvalue weighted by atomic mass is 9.83. The smallest absolute Gasteiger partial charge is 0.200 e. The molecule has 2 aromatic carbocycles. The van der Waals surface area contributed by atoms with Crippen molar-refractivity contribution < 1.29 is 4.57 Å². The first-order chi connectivity index (χ1) is 12.3. The molecule has 0 fully saturated rings. The van der Waals surface area contributed by atoms with Gasteiger partial charge in [0, 0.05) is 21.5 Å². The van der Waals surface area contributed by atoms with Gasteiger partial charge >= 0.3 is 0 Å². The van der Waals surface area contributed by atoms with Crippen LogP contribution in [0.5, 0.6) is 0 Å². The van der Waals surface area contributed by atoms with Gasteiger partial charge in [-0.3, -0.25) is 0 Å². The molecule has 0 aliphatic rings. The summed E-state index contributed by atoms with van der Waals surface area (Å²) in [5, 5.41) is 2.72. The van der Waals surface area contributed by atoms with Gasteiger partial charge in [0.15, 0.2) is 6.20 Å². The molecule has 0 aliphatic carbocycles. The van der Waals surface area contributed by atoms with Crippen LogP contribution in [-0.2, 0) is 12.5 Å². The summed E-state index contributed by atoms with van der Waals surface area (Å²) in [4.78, 5) is 0. The van der Waals surface area contributed by atoms with Gasteiger partial charge in [0.1, 0.15) is 11.7 Å². The van der Waals surface area contributed by atoms with Gasteiger partial charge < -0.3 is 0 Å². The molecule has 2 heterocycles. The first-order valence-electron chi connectivity index (χ1n) is 9.19. The van der Waals surface area contributed by atoms with Crippen LogP contribution in [0.15, 0.2) is 48.7 Å². The van der Waals surface area contributed by atoms with Crippen LogP contribution in [-0.4, -0.2) is 0 Å². The third kappa shape index (κ3) is 2.64. The number of pyridine rings is 1. The molecule has 2 heteroatoms. The molecule has 4 rings (SSSR count). The molecule has 0 N–H and O–H groups in total. The maximum Gasteiger partial charge on any atom is 0.230 e. The van der Waals surface area contributed by atoms with Gasteiger partial charge in [0.05, 0.1) is 5.56 Å². The van der Waals surface area contributed by atoms with E-state index in [2.05, 4.69) is 94.9 Å². The highest BCUT2D eigenvalue weighted by Crippen LogP contribution is 2.40. The normalized spacial score (nSPS) is 12.2. The second kappa shape index (κ2) is 5.92. The zero-order valence-electron chi connectivity index (χ0n) is 16.5. The van der Waals surface area contributed by atoms with E-state index >= 15 is 0 Å². The second-order valence-electron chi connectivity index (χ2n) is 8.33. The van der Waals surface area contributed by atoms with Crippen molar-refractivity contribution in [3.05, 3.63) is 65.4 Å². The van der Waals surface area contributed by atoms with Crippen molar-refractivity contribution in [1.82, 2.24) is 0 Å². The molecule has 0 atom stereocenters. The minimum atomic E-state index is 0.139. The van der Waals surface area contributed by atoms with Crippen molar-refractivity contribution in [2.45, 2.75) is 40.0 Å². The first kappa shape index (κ1) is 17.2. The number of hydrogen-bond donors (Lipinski definition) is 0. The van der Waals surface area contributed by atoms with Crippen LogP contribution in [0.4, 0.5) is 0 Å². The number of thiophene rings is 1. The van der Waals surface area contributed by atoms with Gasteiger partial charge in [-0.2, -0.15) is 4.57 Å². The summed E-state index contributed by atoms with van der Waals surface area (Å²) >= 11 is 1.90. The van der Waals surface area contributed by atoms with Crippen molar-refractivity contribution >= 4 is 31.5 Å². The third-order valence-electron chi connectivity index (χ3n) is 5.45. The van der Waals surface area contributed by atoms with Crippen LogP contribution in [0.2, 0.25) is 0 Å². The van der Waals surface area contributed by atoms with Crippen molar-refractivity contribution in [2.24, 2.45) is 7.05 Å². The van der Waals surface area contributed by atoms with E-state index in [1.165, 1.54) is 48.1 Å². The lowest BCUT2D eigenvalue weighted by Crippen LogP contribution is -2.30. The predicted molar refractivity (Wildman–Crippen MR) is 114 cm³/mol. The molecule has 0 aliphatic heterocycles. The molecule has 0 saturated heterocycles. The zero-order valence-corrected chi connectivity index (χ0v) is 17.3. The first-order valence-corrected chi connectivity index (χ1v) is 10.0. The standard InChI is InChI=1S/C24H26NS/c1-15-13-17(24(3,4)5)14-20(16(15)2)22-23-19(11-12-25(22)6)18-9-7-8-10-21(18)26-23/h7-14H,1-6H3/q+1. The number of aryl methyl sites for hydroxylation is 2. The highest BCUT2D eigenvalue weighted by molar-refractivity contribution is 7.26. The van der Waals surface area contributed by atoms with Crippen molar-refractivity contribution in [3.63, 3.8) is 0 Å². The van der Waals surface area contributed by atoms with Gasteiger partial charge in [-0.25, -0.2) is 0 Å². The SMILES string of the molecule is Cc1cc(C(C)(C)C)cc(-c2c3sc4ccccc4c3cc[n+]2C)c1C. The van der Waals surface area contributed by atoms with Crippen LogP contribution < -0.4 is 4.57 Å². The Kier molecular flexibility index (Phi) is 3.92. The summed E-state index contributed by atoms with van der Waals surface area (Å²) in [5.41, 5.74) is 6.96. The fourth-order valence-corrected chi connectivity index (χ4v) is 4.97. The summed E-state index contributed by atoms with van der Waals surface area (Å²) in [6.45, 7) is 11.4. The van der Waals surface area contributed by atoms with Crippen LogP contribution in [0, 0.1) is 13.8 Å². The van der Waals surface area contributed by atoms with Gasteiger partial charge in [0.25, 0.3) is 0 Å². The third-order valence-corrected chi connectivity index (χ3v) is 6.65. The molecule has 132 valence electrons. The molecule has 0 radical (unpaired) electrons. The average molecular weight is 361 g/mol. The molecule has 0 spiro atoms. The molecule has 0 bridgehead atoms. The Labute approximate surface area is 159 Å². The Hall–Kier alpha value is -2.19. The fraction of sp³-hybridized carbons (Fsp3) is 0.292. The van der Waals surface area contributed by atoms with E-state index in [0.29, 0.717) is 0 Å². The Bertz CT molecular complexity index is 1140. The van der Waals surface area contributed by atoms with Crippen LogP contribution in [0.1, 0.15) is 37.5 Å². The number of fused-ring (bicyclic) bond motifs is 3. The van der Waals surface area contributed by atoms with E-state index in [1.54, 1.807) is 0 Å². The van der Waals surface area contributed by atoms with Crippen molar-refractivity contribution in [2.75, 3.05) is 0 Å². The fourth-order valence-electron chi connectivity index (χ4n) is 3.68. The second-order valence-corrected chi connectivity index (χ2v) is 9.38. The van der Waals surface area contributed by atoms with Crippen LogP contribution in [0.25, 0.3) is 31.4 Å². The molecule has 0 unspecified atom stereocenters. The minimum absolute atomic E-state index is 0.139. The number of aromatic nitrogens is 1. The Balaban J connectivity index is 2.12. The summed E-state index contributed by atoms with van der Waals surface area (Å²) in [6.07, 6.45) is 2.20. The quantitative estimate of drug-likeness (QED) is 0.343. The molecule has 0 saturated carbocycles. The predicted octanol–water partition coefficient (Wildman–Crippen LogP) is 6.46. The number of hydrogen-bond acceptors (Lipinski definition) is 1. The molecule has 2 aromatic heterocycles. The monoisotopic (exact) mass is 360 g/mol. The topological polar surface area (TPSA) is 3.88 Å². The number of benzene rings is 2. The zero-order chi connectivity index (χ0) is 18.6. The summed E-state index contributed by atoms with van der Waals surface area (Å²) < 4.78 is 5.02. The van der Waals surface area contributed by atoms with E-state index in [9.17, 15) is 0 Å². The number of rotatable bonds is 1. The van der Waals surface area contributed by atoms with E-state index in [-0.39, 0.29) is 5.41 Å². The lowest BCUT2D eigenvalue weighted by molar-refractivity contribution is -0.659. The molecular weight excluding hydrogens is 334 g/mol. The molecule has 4 aromatic rings. The Morgan fingerprint density at radius 1 is 0.923 bits per heavy atom. The van der Waals surface area contributed by atoms with Crippen molar-refractivity contribution in [1.29, 1.82) is 0 Å². The Morgan fingerprint density at radius 2 is 1.65 bits per heavy atom. The van der Waals surface area contributed by atoms with Gasteiger partial charge in [-0.1, -0.05) is 45.0 Å². The molecular formula is C24H26NS+. The largest absolute Gasteiger partial charge is 0.230 e. The minimum Gasteiger partial charge on any atom is -0.200 e. The average Bonchev–Trinajstić information content (AvgIpc) is 2.95. The molecule has 0 amide bonds. The summed E-state index contributed by atoms with van der Waals surface area (Å²) in [5.74, 6) is 0. The van der Waals surface area contributed by atoms with Gasteiger partial charge in [-0.05, 0) is 48.1 Å². The van der Waals surface area contributed by atoms with E-state index in [1.807, 2.05) is 11.3 Å². The molecule has 26 heavy (non-hydrogen) atoms. The Morgan fingerprint density at radius 3 is 2.38 bits per heavy atom. The highest BCUT2D eigenvalue weighted by atomic mass is 32.1. The van der Waals surface area contributed by atoms with Gasteiger partial charge in [0.2, 0.25) is 5.69 Å². The van der Waals surface area contributed by atoms with Crippen LogP contribution in [0.3, 0.4) is 0 Å². The maximum atomic E-state index is 2.40. The number of nitrogens with zero attached hydrogens (tertiary/aromatic N) is 1. The summed E-state index contributed by atoms with van der Waals surface area (Å²) in [6, 6.07) is 15.7. The van der Waals surface area contributed by atoms with E-state index in [0.717, 1.165) is 0 Å². The maximum absolute atomic E-state index is 2.40. The van der Waals surface area contributed by atoms with E-state index < -0.39 is 0 Å². The molecule has 1 nitrogen and oxygen atoms in total. The van der Waals surface area contributed by atoms with E-state index in [4.69, 9.17) is 0 Å². The van der Waals surface area contributed by atoms with Crippen molar-refractivity contribution in [3.8, 4) is 11.3 Å².